The maximum Gasteiger partial charge on any atom is 0.0199 e. The average Bonchev–Trinajstić information content (AvgIpc) is 2.33. The minimum Gasteiger partial charge on any atom is -0.0885 e. The van der Waals surface area contributed by atoms with E-state index >= 15 is 0 Å². The molecule has 0 bridgehead atoms. The Balaban J connectivity index is 2.45. The standard InChI is InChI=1S/C10H19Br/c1-7(2)10(11)9-6-4-5-8(9)3/h7-10H,4-6H2,1-3H3. The molecule has 0 aromatic heterocycles. The van der Waals surface area contributed by atoms with Crippen LogP contribution in [0, 0.1) is 17.8 Å². The van der Waals surface area contributed by atoms with Gasteiger partial charge in [-0.2, -0.15) is 0 Å². The van der Waals surface area contributed by atoms with E-state index in [0.29, 0.717) is 0 Å². The van der Waals surface area contributed by atoms with Gasteiger partial charge in [0.1, 0.15) is 0 Å². The summed E-state index contributed by atoms with van der Waals surface area (Å²) in [6.07, 6.45) is 4.33. The summed E-state index contributed by atoms with van der Waals surface area (Å²) in [4.78, 5) is 0.750. The Kier molecular flexibility index (Phi) is 3.42. The van der Waals surface area contributed by atoms with Crippen LogP contribution in [0.5, 0.6) is 0 Å². The van der Waals surface area contributed by atoms with Crippen LogP contribution in [0.25, 0.3) is 0 Å². The lowest BCUT2D eigenvalue weighted by atomic mass is 9.89. The number of hydrogen-bond donors (Lipinski definition) is 0. The molecule has 0 aromatic carbocycles. The second-order valence-corrected chi connectivity index (χ2v) is 5.32. The van der Waals surface area contributed by atoms with Crippen LogP contribution in [0.2, 0.25) is 0 Å². The van der Waals surface area contributed by atoms with Crippen molar-refractivity contribution < 1.29 is 0 Å². The van der Waals surface area contributed by atoms with Gasteiger partial charge in [0.2, 0.25) is 0 Å². The van der Waals surface area contributed by atoms with Gasteiger partial charge in [0, 0.05) is 4.83 Å². The normalized spacial score (nSPS) is 34.6. The molecule has 0 radical (unpaired) electrons. The Bertz CT molecular complexity index is 120. The average molecular weight is 219 g/mol. The molecule has 0 aliphatic heterocycles. The lowest BCUT2D eigenvalue weighted by Gasteiger charge is -2.24. The Morgan fingerprint density at radius 2 is 1.91 bits per heavy atom. The van der Waals surface area contributed by atoms with E-state index in [2.05, 4.69) is 36.7 Å². The van der Waals surface area contributed by atoms with Crippen molar-refractivity contribution in [2.75, 3.05) is 0 Å². The monoisotopic (exact) mass is 218 g/mol. The number of alkyl halides is 1. The van der Waals surface area contributed by atoms with E-state index in [4.69, 9.17) is 0 Å². The van der Waals surface area contributed by atoms with E-state index in [1.54, 1.807) is 0 Å². The zero-order chi connectivity index (χ0) is 8.43. The van der Waals surface area contributed by atoms with E-state index in [-0.39, 0.29) is 0 Å². The van der Waals surface area contributed by atoms with Gasteiger partial charge < -0.3 is 0 Å². The molecule has 0 amide bonds. The van der Waals surface area contributed by atoms with Crippen LogP contribution in [-0.2, 0) is 0 Å². The third kappa shape index (κ3) is 2.21. The number of rotatable bonds is 2. The molecule has 0 N–H and O–H groups in total. The molecule has 3 unspecified atom stereocenters. The van der Waals surface area contributed by atoms with Gasteiger partial charge in [-0.3, -0.25) is 0 Å². The number of halogens is 1. The van der Waals surface area contributed by atoms with Crippen LogP contribution in [0.15, 0.2) is 0 Å². The van der Waals surface area contributed by atoms with Crippen LogP contribution >= 0.6 is 15.9 Å². The summed E-state index contributed by atoms with van der Waals surface area (Å²) in [5, 5.41) is 0. The molecule has 0 spiro atoms. The Morgan fingerprint density at radius 3 is 2.27 bits per heavy atom. The van der Waals surface area contributed by atoms with Gasteiger partial charge in [-0.1, -0.05) is 49.5 Å². The van der Waals surface area contributed by atoms with Crippen molar-refractivity contribution in [1.29, 1.82) is 0 Å². The molecule has 0 heterocycles. The minimum atomic E-state index is 0.750. The molecule has 66 valence electrons. The molecule has 1 aliphatic rings. The summed E-state index contributed by atoms with van der Waals surface area (Å²) in [5.41, 5.74) is 0. The van der Waals surface area contributed by atoms with Gasteiger partial charge in [-0.15, -0.1) is 0 Å². The predicted octanol–water partition coefficient (Wildman–Crippen LogP) is 3.84. The van der Waals surface area contributed by atoms with Gasteiger partial charge in [-0.05, 0) is 24.2 Å². The molecule has 11 heavy (non-hydrogen) atoms. The molecular weight excluding hydrogens is 200 g/mol. The summed E-state index contributed by atoms with van der Waals surface area (Å²) < 4.78 is 0. The van der Waals surface area contributed by atoms with E-state index in [1.807, 2.05) is 0 Å². The predicted molar refractivity (Wildman–Crippen MR) is 54.1 cm³/mol. The molecule has 1 fully saturated rings. The third-order valence-electron chi connectivity index (χ3n) is 2.97. The van der Waals surface area contributed by atoms with Gasteiger partial charge in [0.05, 0.1) is 0 Å². The fourth-order valence-electron chi connectivity index (χ4n) is 2.14. The van der Waals surface area contributed by atoms with Crippen molar-refractivity contribution in [3.8, 4) is 0 Å². The summed E-state index contributed by atoms with van der Waals surface area (Å²) in [7, 11) is 0. The third-order valence-corrected chi connectivity index (χ3v) is 4.71. The van der Waals surface area contributed by atoms with Gasteiger partial charge >= 0.3 is 0 Å². The van der Waals surface area contributed by atoms with Crippen molar-refractivity contribution >= 4 is 15.9 Å². The second-order valence-electron chi connectivity index (χ2n) is 4.26. The first kappa shape index (κ1) is 9.57. The highest BCUT2D eigenvalue weighted by Crippen LogP contribution is 2.39. The van der Waals surface area contributed by atoms with E-state index in [1.165, 1.54) is 19.3 Å². The second kappa shape index (κ2) is 3.93. The molecular formula is C10H19Br. The van der Waals surface area contributed by atoms with E-state index in [9.17, 15) is 0 Å². The summed E-state index contributed by atoms with van der Waals surface area (Å²) >= 11 is 3.81. The van der Waals surface area contributed by atoms with Crippen molar-refractivity contribution in [1.82, 2.24) is 0 Å². The Morgan fingerprint density at radius 1 is 1.27 bits per heavy atom. The van der Waals surface area contributed by atoms with E-state index < -0.39 is 0 Å². The molecule has 1 saturated carbocycles. The highest BCUT2D eigenvalue weighted by Gasteiger charge is 2.30. The quantitative estimate of drug-likeness (QED) is 0.619. The van der Waals surface area contributed by atoms with Gasteiger partial charge in [-0.25, -0.2) is 0 Å². The minimum absolute atomic E-state index is 0.750. The molecule has 1 aliphatic carbocycles. The first-order chi connectivity index (χ1) is 5.13. The van der Waals surface area contributed by atoms with Crippen LogP contribution < -0.4 is 0 Å². The Hall–Kier alpha value is 0.480. The zero-order valence-corrected chi connectivity index (χ0v) is 9.39. The molecule has 0 aromatic rings. The van der Waals surface area contributed by atoms with Crippen molar-refractivity contribution in [2.45, 2.75) is 44.9 Å². The molecule has 1 heteroatoms. The lowest BCUT2D eigenvalue weighted by Crippen LogP contribution is -2.21. The van der Waals surface area contributed by atoms with Crippen LogP contribution in [0.3, 0.4) is 0 Å². The fourth-order valence-corrected chi connectivity index (χ4v) is 2.93. The first-order valence-electron chi connectivity index (χ1n) is 4.77. The molecule has 0 saturated heterocycles. The summed E-state index contributed by atoms with van der Waals surface area (Å²) in [6.45, 7) is 7.02. The largest absolute Gasteiger partial charge is 0.0885 e. The lowest BCUT2D eigenvalue weighted by molar-refractivity contribution is 0.361. The summed E-state index contributed by atoms with van der Waals surface area (Å²) in [5.74, 6) is 2.68. The van der Waals surface area contributed by atoms with E-state index in [0.717, 1.165) is 22.6 Å². The van der Waals surface area contributed by atoms with Crippen molar-refractivity contribution in [2.24, 2.45) is 17.8 Å². The Labute approximate surface area is 78.9 Å². The maximum atomic E-state index is 3.81. The van der Waals surface area contributed by atoms with Crippen molar-refractivity contribution in [3.63, 3.8) is 0 Å². The topological polar surface area (TPSA) is 0 Å². The first-order valence-corrected chi connectivity index (χ1v) is 5.68. The summed E-state index contributed by atoms with van der Waals surface area (Å²) in [6, 6.07) is 0. The van der Waals surface area contributed by atoms with Crippen LogP contribution in [0.4, 0.5) is 0 Å². The molecule has 1 rings (SSSR count). The number of hydrogen-bond acceptors (Lipinski definition) is 0. The SMILES string of the molecule is CC(C)C(Br)C1CCCC1C. The van der Waals surface area contributed by atoms with Crippen LogP contribution in [0.1, 0.15) is 40.0 Å². The highest BCUT2D eigenvalue weighted by atomic mass is 79.9. The van der Waals surface area contributed by atoms with Crippen LogP contribution in [-0.4, -0.2) is 4.83 Å². The fraction of sp³-hybridized carbons (Fsp3) is 1.00. The van der Waals surface area contributed by atoms with Crippen molar-refractivity contribution in [3.05, 3.63) is 0 Å². The zero-order valence-electron chi connectivity index (χ0n) is 7.81. The highest BCUT2D eigenvalue weighted by molar-refractivity contribution is 9.09. The smallest absolute Gasteiger partial charge is 0.0199 e. The van der Waals surface area contributed by atoms with Gasteiger partial charge in [0.15, 0.2) is 0 Å². The molecule has 0 nitrogen and oxygen atoms in total. The molecule has 3 atom stereocenters. The van der Waals surface area contributed by atoms with Gasteiger partial charge in [0.25, 0.3) is 0 Å². The maximum absolute atomic E-state index is 3.81.